The fraction of sp³-hybridized carbons (Fsp3) is 0.870. The Morgan fingerprint density at radius 2 is 1.57 bits per heavy atom. The van der Waals surface area contributed by atoms with Gasteiger partial charge in [0.15, 0.2) is 0 Å². The lowest BCUT2D eigenvalue weighted by molar-refractivity contribution is -0.148. The molecule has 7 nitrogen and oxygen atoms in total. The molecule has 0 aliphatic carbocycles. The summed E-state index contributed by atoms with van der Waals surface area (Å²) in [5.41, 5.74) is 5.27. The van der Waals surface area contributed by atoms with Gasteiger partial charge in [0.2, 0.25) is 0 Å². The van der Waals surface area contributed by atoms with E-state index in [1.54, 1.807) is 20.8 Å². The van der Waals surface area contributed by atoms with Gasteiger partial charge in [-0.25, -0.2) is 9.59 Å². The third kappa shape index (κ3) is 11.4. The number of oxime groups is 1. The fourth-order valence-corrected chi connectivity index (χ4v) is 3.55. The van der Waals surface area contributed by atoms with Gasteiger partial charge in [-0.3, -0.25) is 4.90 Å². The van der Waals surface area contributed by atoms with Gasteiger partial charge in [-0.1, -0.05) is 69.9 Å². The van der Waals surface area contributed by atoms with Crippen molar-refractivity contribution in [1.29, 1.82) is 0 Å². The summed E-state index contributed by atoms with van der Waals surface area (Å²) in [6.45, 7) is 8.11. The van der Waals surface area contributed by atoms with Crippen molar-refractivity contribution in [2.45, 2.75) is 123 Å². The quantitative estimate of drug-likeness (QED) is 0.138. The number of rotatable bonds is 13. The molecule has 0 aromatic rings. The first-order chi connectivity index (χ1) is 14.2. The summed E-state index contributed by atoms with van der Waals surface area (Å²) in [6.07, 6.45) is 13.9. The van der Waals surface area contributed by atoms with E-state index in [9.17, 15) is 9.59 Å². The molecule has 0 spiro atoms. The maximum absolute atomic E-state index is 12.3. The molecule has 1 heterocycles. The fourth-order valence-electron chi connectivity index (χ4n) is 3.55. The number of amides is 1. The third-order valence-corrected chi connectivity index (χ3v) is 5.19. The van der Waals surface area contributed by atoms with Crippen LogP contribution in [0.2, 0.25) is 0 Å². The number of nitrogens with zero attached hydrogens (tertiary/aromatic N) is 2. The van der Waals surface area contributed by atoms with E-state index in [0.29, 0.717) is 25.2 Å². The van der Waals surface area contributed by atoms with E-state index < -0.39 is 23.7 Å². The lowest BCUT2D eigenvalue weighted by Gasteiger charge is -2.27. The van der Waals surface area contributed by atoms with Gasteiger partial charge in [-0.15, -0.1) is 0 Å². The number of unbranched alkanes of at least 4 members (excludes halogenated alkanes) is 9. The summed E-state index contributed by atoms with van der Waals surface area (Å²) in [6, 6.07) is -0.659. The largest absolute Gasteiger partial charge is 0.444 e. The molecule has 30 heavy (non-hydrogen) atoms. The minimum absolute atomic E-state index is 0.324. The van der Waals surface area contributed by atoms with Crippen LogP contribution in [-0.4, -0.2) is 41.0 Å². The normalized spacial score (nSPS) is 17.3. The van der Waals surface area contributed by atoms with Crippen molar-refractivity contribution in [2.75, 3.05) is 6.54 Å². The van der Waals surface area contributed by atoms with Crippen LogP contribution in [0.1, 0.15) is 111 Å². The standard InChI is InChI=1S/C23H43N3O4/c1-5-6-7-8-9-10-11-12-13-14-17-20(24)25-30-21(27)19-16-15-18-26(19)22(28)29-23(2,3)4/h19H,5-18H2,1-4H3,(H2,24,25). The van der Waals surface area contributed by atoms with Gasteiger partial charge in [0.1, 0.15) is 17.5 Å². The Hall–Kier alpha value is -1.79. The van der Waals surface area contributed by atoms with Gasteiger partial charge in [-0.2, -0.15) is 0 Å². The molecular weight excluding hydrogens is 382 g/mol. The van der Waals surface area contributed by atoms with Crippen LogP contribution in [0.3, 0.4) is 0 Å². The first-order valence-corrected chi connectivity index (χ1v) is 11.8. The Morgan fingerprint density at radius 1 is 1.00 bits per heavy atom. The highest BCUT2D eigenvalue weighted by Crippen LogP contribution is 2.22. The Labute approximate surface area is 182 Å². The van der Waals surface area contributed by atoms with E-state index in [1.165, 1.54) is 56.3 Å². The SMILES string of the molecule is CCCCCCCCCCCC/C(N)=N\OC(=O)C1CCCN1C(=O)OC(C)(C)C. The minimum atomic E-state index is -0.659. The molecule has 1 unspecified atom stereocenters. The summed E-state index contributed by atoms with van der Waals surface area (Å²) in [5, 5.41) is 3.78. The Bertz CT molecular complexity index is 543. The second-order valence-corrected chi connectivity index (χ2v) is 9.26. The highest BCUT2D eigenvalue weighted by Gasteiger charge is 2.38. The zero-order valence-corrected chi connectivity index (χ0v) is 19.6. The summed E-state index contributed by atoms with van der Waals surface area (Å²) in [5.74, 6) is -0.228. The zero-order valence-electron chi connectivity index (χ0n) is 19.6. The molecule has 1 rings (SSSR count). The van der Waals surface area contributed by atoms with E-state index in [-0.39, 0.29) is 0 Å². The maximum Gasteiger partial charge on any atom is 0.411 e. The summed E-state index contributed by atoms with van der Waals surface area (Å²) >= 11 is 0. The second-order valence-electron chi connectivity index (χ2n) is 9.26. The number of amidine groups is 1. The van der Waals surface area contributed by atoms with Gasteiger partial charge in [0, 0.05) is 13.0 Å². The predicted octanol–water partition coefficient (Wildman–Crippen LogP) is 5.51. The van der Waals surface area contributed by atoms with E-state index in [4.69, 9.17) is 15.3 Å². The Morgan fingerprint density at radius 3 is 2.13 bits per heavy atom. The number of ether oxygens (including phenoxy) is 1. The average molecular weight is 426 g/mol. The molecule has 1 fully saturated rings. The summed E-state index contributed by atoms with van der Waals surface area (Å²) < 4.78 is 5.36. The van der Waals surface area contributed by atoms with Gasteiger partial charge in [-0.05, 0) is 40.0 Å². The van der Waals surface area contributed by atoms with Crippen LogP contribution in [0.4, 0.5) is 4.79 Å². The molecule has 7 heteroatoms. The number of likely N-dealkylation sites (tertiary alicyclic amines) is 1. The number of carbonyl (C=O) groups excluding carboxylic acids is 2. The highest BCUT2D eigenvalue weighted by molar-refractivity contribution is 5.84. The molecule has 0 bridgehead atoms. The number of nitrogens with two attached hydrogens (primary N) is 1. The van der Waals surface area contributed by atoms with Gasteiger partial charge in [0.05, 0.1) is 0 Å². The Balaban J connectivity index is 2.21. The molecule has 0 saturated carbocycles. The molecule has 0 aromatic heterocycles. The molecule has 2 N–H and O–H groups in total. The molecule has 174 valence electrons. The highest BCUT2D eigenvalue weighted by atomic mass is 16.7. The van der Waals surface area contributed by atoms with Crippen molar-refractivity contribution >= 4 is 17.9 Å². The monoisotopic (exact) mass is 425 g/mol. The first-order valence-electron chi connectivity index (χ1n) is 11.8. The van der Waals surface area contributed by atoms with E-state index >= 15 is 0 Å². The van der Waals surface area contributed by atoms with E-state index in [1.807, 2.05) is 0 Å². The molecule has 0 aromatic carbocycles. The van der Waals surface area contributed by atoms with Gasteiger partial charge < -0.3 is 15.3 Å². The van der Waals surface area contributed by atoms with Crippen molar-refractivity contribution in [3.8, 4) is 0 Å². The van der Waals surface area contributed by atoms with Crippen LogP contribution in [0.5, 0.6) is 0 Å². The van der Waals surface area contributed by atoms with Crippen molar-refractivity contribution in [3.63, 3.8) is 0 Å². The first kappa shape index (κ1) is 26.2. The minimum Gasteiger partial charge on any atom is -0.444 e. The summed E-state index contributed by atoms with van der Waals surface area (Å²) in [7, 11) is 0. The zero-order chi connectivity index (χ0) is 22.4. The van der Waals surface area contributed by atoms with E-state index in [0.717, 1.165) is 19.3 Å². The molecule has 1 amide bonds. The second kappa shape index (κ2) is 14.3. The lowest BCUT2D eigenvalue weighted by atomic mass is 10.1. The molecule has 1 atom stereocenters. The molecular formula is C23H43N3O4. The topological polar surface area (TPSA) is 94.2 Å². The number of hydrogen-bond acceptors (Lipinski definition) is 5. The van der Waals surface area contributed by atoms with Gasteiger partial charge >= 0.3 is 12.1 Å². The number of hydrogen-bond donors (Lipinski definition) is 1. The molecule has 0 radical (unpaired) electrons. The third-order valence-electron chi connectivity index (χ3n) is 5.19. The van der Waals surface area contributed by atoms with Crippen molar-refractivity contribution in [1.82, 2.24) is 4.90 Å². The van der Waals surface area contributed by atoms with Gasteiger partial charge in [0.25, 0.3) is 0 Å². The smallest absolute Gasteiger partial charge is 0.411 e. The number of carbonyl (C=O) groups is 2. The van der Waals surface area contributed by atoms with Crippen molar-refractivity contribution in [3.05, 3.63) is 0 Å². The van der Waals surface area contributed by atoms with Crippen LogP contribution in [0.15, 0.2) is 5.16 Å². The molecule has 1 aliphatic rings. The lowest BCUT2D eigenvalue weighted by Crippen LogP contribution is -2.43. The predicted molar refractivity (Wildman–Crippen MR) is 120 cm³/mol. The van der Waals surface area contributed by atoms with Crippen LogP contribution >= 0.6 is 0 Å². The van der Waals surface area contributed by atoms with Crippen molar-refractivity contribution in [2.24, 2.45) is 10.9 Å². The maximum atomic E-state index is 12.3. The summed E-state index contributed by atoms with van der Waals surface area (Å²) in [4.78, 5) is 31.0. The van der Waals surface area contributed by atoms with Crippen molar-refractivity contribution < 1.29 is 19.2 Å². The average Bonchev–Trinajstić information content (AvgIpc) is 3.16. The van der Waals surface area contributed by atoms with E-state index in [2.05, 4.69) is 12.1 Å². The van der Waals surface area contributed by atoms with Crippen LogP contribution in [-0.2, 0) is 14.4 Å². The van der Waals surface area contributed by atoms with Crippen LogP contribution in [0, 0.1) is 0 Å². The van der Waals surface area contributed by atoms with Crippen LogP contribution < -0.4 is 5.73 Å². The van der Waals surface area contributed by atoms with Crippen LogP contribution in [0.25, 0.3) is 0 Å². The molecule has 1 saturated heterocycles. The Kier molecular flexibility index (Phi) is 12.5. The molecule has 1 aliphatic heterocycles.